The number of alkyl carbamates (subject to hydrolysis) is 1. The van der Waals surface area contributed by atoms with Crippen LogP contribution in [-0.2, 0) is 14.0 Å². The number of nitrogens with one attached hydrogen (secondary N) is 1. The first-order valence-corrected chi connectivity index (χ1v) is 10.0. The van der Waals surface area contributed by atoms with Gasteiger partial charge in [0.05, 0.1) is 16.2 Å². The third-order valence-electron chi connectivity index (χ3n) is 5.02. The molecule has 0 bridgehead atoms. The van der Waals surface area contributed by atoms with Crippen molar-refractivity contribution >= 4 is 30.9 Å². The molecule has 1 aromatic carbocycles. The Hall–Kier alpha value is -1.70. The maximum Gasteiger partial charge on any atom is 0.492 e. The van der Waals surface area contributed by atoms with Crippen molar-refractivity contribution in [3.05, 3.63) is 33.8 Å². The van der Waals surface area contributed by atoms with Gasteiger partial charge in [-0.2, -0.15) is 0 Å². The first-order chi connectivity index (χ1) is 13.1. The number of hydrogen-bond acceptors (Lipinski definition) is 5. The van der Waals surface area contributed by atoms with Gasteiger partial charge in [-0.05, 0) is 84.1 Å². The lowest BCUT2D eigenvalue weighted by Crippen LogP contribution is -2.41. The van der Waals surface area contributed by atoms with E-state index < -0.39 is 30.0 Å². The maximum atomic E-state index is 12.1. The summed E-state index contributed by atoms with van der Waals surface area (Å²) in [4.78, 5) is 12.1. The minimum atomic E-state index is -0.650. The van der Waals surface area contributed by atoms with E-state index in [0.717, 1.165) is 5.56 Å². The number of benzene rings is 1. The van der Waals surface area contributed by atoms with Gasteiger partial charge in [-0.3, -0.25) is 0 Å². The van der Waals surface area contributed by atoms with Crippen LogP contribution in [-0.4, -0.2) is 41.7 Å². The number of halogens is 1. The molecule has 0 aliphatic carbocycles. The third kappa shape index (κ3) is 5.90. The van der Waals surface area contributed by atoms with E-state index in [1.807, 2.05) is 33.8 Å². The number of aromatic hydroxyl groups is 1. The number of amides is 1. The summed E-state index contributed by atoms with van der Waals surface area (Å²) in [6, 6.07) is 3.46. The summed E-state index contributed by atoms with van der Waals surface area (Å²) in [6.07, 6.45) is 1.32. The van der Waals surface area contributed by atoms with Crippen LogP contribution in [0.3, 0.4) is 0 Å². The number of hydrogen-bond donors (Lipinski definition) is 2. The molecule has 1 aliphatic heterocycles. The van der Waals surface area contributed by atoms with Crippen LogP contribution in [0.5, 0.6) is 5.75 Å². The molecule has 1 amide bonds. The van der Waals surface area contributed by atoms with Crippen LogP contribution < -0.4 is 5.32 Å². The average Bonchev–Trinajstić information content (AvgIpc) is 2.75. The van der Waals surface area contributed by atoms with Crippen LogP contribution in [0.25, 0.3) is 6.08 Å². The Bertz CT molecular complexity index is 775. The number of rotatable bonds is 4. The molecule has 1 heterocycles. The van der Waals surface area contributed by atoms with E-state index in [-0.39, 0.29) is 17.3 Å². The van der Waals surface area contributed by atoms with Crippen molar-refractivity contribution in [2.75, 3.05) is 6.54 Å². The highest BCUT2D eigenvalue weighted by Crippen LogP contribution is 2.39. The molecule has 1 aromatic rings. The number of aryl methyl sites for hydroxylation is 1. The molecule has 1 saturated heterocycles. The Kier molecular flexibility index (Phi) is 6.67. The smallest absolute Gasteiger partial charge is 0.492 e. The van der Waals surface area contributed by atoms with Crippen molar-refractivity contribution in [1.82, 2.24) is 5.32 Å². The van der Waals surface area contributed by atoms with Gasteiger partial charge in [-0.15, -0.1) is 0 Å². The van der Waals surface area contributed by atoms with Crippen LogP contribution in [0, 0.1) is 6.92 Å². The number of phenols is 1. The van der Waals surface area contributed by atoms with Gasteiger partial charge in [0.2, 0.25) is 0 Å². The standard InChI is InChI=1S/C21H31BClNO5/c1-13-9-14(11-16(23)17(13)25)10-15(12-24-18(26)27-19(2,3)4)22-28-20(5,6)21(7,8)29-22/h9-11,25H,12H2,1-8H3,(H,24,26). The van der Waals surface area contributed by atoms with E-state index in [1.165, 1.54) is 0 Å². The third-order valence-corrected chi connectivity index (χ3v) is 5.31. The lowest BCUT2D eigenvalue weighted by Gasteiger charge is -2.32. The lowest BCUT2D eigenvalue weighted by molar-refractivity contribution is 0.00578. The molecule has 6 nitrogen and oxygen atoms in total. The first kappa shape index (κ1) is 23.6. The fraction of sp³-hybridized carbons (Fsp3) is 0.571. The second kappa shape index (κ2) is 8.21. The summed E-state index contributed by atoms with van der Waals surface area (Å²) in [6.45, 7) is 15.2. The first-order valence-electron chi connectivity index (χ1n) is 9.63. The van der Waals surface area contributed by atoms with Crippen molar-refractivity contribution in [2.24, 2.45) is 0 Å². The van der Waals surface area contributed by atoms with E-state index in [9.17, 15) is 9.90 Å². The number of phenolic OH excluding ortho intramolecular Hbond substituents is 1. The summed E-state index contributed by atoms with van der Waals surface area (Å²) in [7, 11) is -0.650. The highest BCUT2D eigenvalue weighted by molar-refractivity contribution is 6.56. The summed E-state index contributed by atoms with van der Waals surface area (Å²) >= 11 is 6.12. The highest BCUT2D eigenvalue weighted by Gasteiger charge is 2.52. The maximum absolute atomic E-state index is 12.1. The minimum Gasteiger partial charge on any atom is -0.506 e. The van der Waals surface area contributed by atoms with Gasteiger partial charge in [-0.25, -0.2) is 4.79 Å². The van der Waals surface area contributed by atoms with Gasteiger partial charge < -0.3 is 24.5 Å². The second-order valence-electron chi connectivity index (χ2n) is 9.33. The molecule has 2 rings (SSSR count). The second-order valence-corrected chi connectivity index (χ2v) is 9.74. The lowest BCUT2D eigenvalue weighted by atomic mass is 9.77. The molecule has 8 heteroatoms. The molecule has 0 radical (unpaired) electrons. The number of carbonyl (C=O) groups excluding carboxylic acids is 1. The predicted molar refractivity (Wildman–Crippen MR) is 116 cm³/mol. The van der Waals surface area contributed by atoms with Crippen molar-refractivity contribution < 1.29 is 23.9 Å². The van der Waals surface area contributed by atoms with Gasteiger partial charge in [0.25, 0.3) is 0 Å². The normalized spacial score (nSPS) is 18.7. The molecule has 0 spiro atoms. The predicted octanol–water partition coefficient (Wildman–Crippen LogP) is 4.89. The Labute approximate surface area is 178 Å². The van der Waals surface area contributed by atoms with Crippen molar-refractivity contribution in [1.29, 1.82) is 0 Å². The molecule has 1 fully saturated rings. The fourth-order valence-corrected chi connectivity index (χ4v) is 3.02. The molecular weight excluding hydrogens is 392 g/mol. The van der Waals surface area contributed by atoms with Gasteiger partial charge in [0.1, 0.15) is 11.4 Å². The quantitative estimate of drug-likeness (QED) is 0.674. The molecule has 2 N–H and O–H groups in total. The van der Waals surface area contributed by atoms with E-state index in [4.69, 9.17) is 25.6 Å². The van der Waals surface area contributed by atoms with Crippen molar-refractivity contribution in [3.63, 3.8) is 0 Å². The number of ether oxygens (including phenoxy) is 1. The Balaban J connectivity index is 2.32. The Morgan fingerprint density at radius 2 is 1.79 bits per heavy atom. The van der Waals surface area contributed by atoms with Gasteiger partial charge >= 0.3 is 13.2 Å². The van der Waals surface area contributed by atoms with Crippen LogP contribution >= 0.6 is 11.6 Å². The van der Waals surface area contributed by atoms with Crippen LogP contribution in [0.1, 0.15) is 59.6 Å². The molecule has 1 aliphatic rings. The van der Waals surface area contributed by atoms with Gasteiger partial charge in [-0.1, -0.05) is 17.7 Å². The largest absolute Gasteiger partial charge is 0.506 e. The number of carbonyl (C=O) groups is 1. The molecule has 0 saturated carbocycles. The zero-order valence-corrected chi connectivity index (χ0v) is 19.2. The monoisotopic (exact) mass is 423 g/mol. The molecule has 0 aromatic heterocycles. The Morgan fingerprint density at radius 1 is 1.24 bits per heavy atom. The van der Waals surface area contributed by atoms with Crippen LogP contribution in [0.4, 0.5) is 4.79 Å². The summed E-state index contributed by atoms with van der Waals surface area (Å²) in [5, 5.41) is 12.9. The fourth-order valence-electron chi connectivity index (χ4n) is 2.75. The summed E-state index contributed by atoms with van der Waals surface area (Å²) in [5.41, 5.74) is 0.477. The van der Waals surface area contributed by atoms with E-state index >= 15 is 0 Å². The molecule has 160 valence electrons. The Morgan fingerprint density at radius 3 is 2.28 bits per heavy atom. The van der Waals surface area contributed by atoms with Crippen molar-refractivity contribution in [2.45, 2.75) is 72.2 Å². The summed E-state index contributed by atoms with van der Waals surface area (Å²) in [5.74, 6) is 0.0490. The topological polar surface area (TPSA) is 77.0 Å². The average molecular weight is 424 g/mol. The molecule has 0 atom stereocenters. The van der Waals surface area contributed by atoms with Crippen molar-refractivity contribution in [3.8, 4) is 5.75 Å². The van der Waals surface area contributed by atoms with E-state index in [1.54, 1.807) is 39.8 Å². The van der Waals surface area contributed by atoms with E-state index in [0.29, 0.717) is 11.0 Å². The highest BCUT2D eigenvalue weighted by atomic mass is 35.5. The molecule has 0 unspecified atom stereocenters. The molecular formula is C21H31BClNO5. The zero-order chi connectivity index (χ0) is 22.2. The summed E-state index contributed by atoms with van der Waals surface area (Å²) < 4.78 is 17.6. The van der Waals surface area contributed by atoms with Gasteiger partial charge in [0, 0.05) is 6.54 Å². The molecule has 29 heavy (non-hydrogen) atoms. The minimum absolute atomic E-state index is 0.0490. The van der Waals surface area contributed by atoms with E-state index in [2.05, 4.69) is 5.32 Å². The van der Waals surface area contributed by atoms with Crippen LogP contribution in [0.2, 0.25) is 5.02 Å². The zero-order valence-electron chi connectivity index (χ0n) is 18.5. The van der Waals surface area contributed by atoms with Crippen LogP contribution in [0.15, 0.2) is 17.6 Å². The SMILES string of the molecule is Cc1cc(C=C(CNC(=O)OC(C)(C)C)B2OC(C)(C)C(C)(C)O2)cc(Cl)c1O. The van der Waals surface area contributed by atoms with Gasteiger partial charge in [0.15, 0.2) is 0 Å².